The van der Waals surface area contributed by atoms with Gasteiger partial charge in [-0.25, -0.2) is 4.68 Å². The van der Waals surface area contributed by atoms with Crippen molar-refractivity contribution in [2.24, 2.45) is 0 Å². The van der Waals surface area contributed by atoms with Gasteiger partial charge in [-0.1, -0.05) is 31.5 Å². The van der Waals surface area contributed by atoms with Gasteiger partial charge in [0.25, 0.3) is 11.5 Å². The molecule has 0 bridgehead atoms. The van der Waals surface area contributed by atoms with Crippen LogP contribution in [0.5, 0.6) is 0 Å². The van der Waals surface area contributed by atoms with Gasteiger partial charge in [0.1, 0.15) is 0 Å². The fourth-order valence-electron chi connectivity index (χ4n) is 3.96. The maximum absolute atomic E-state index is 13.3. The predicted octanol–water partition coefficient (Wildman–Crippen LogP) is 3.48. The molecule has 146 valence electrons. The molecule has 3 aromatic rings. The molecule has 0 atom stereocenters. The number of aromatic nitrogens is 3. The van der Waals surface area contributed by atoms with Gasteiger partial charge in [0.05, 0.1) is 5.39 Å². The Morgan fingerprint density at radius 1 is 1.07 bits per heavy atom. The lowest BCUT2D eigenvalue weighted by Crippen LogP contribution is -2.40. The van der Waals surface area contributed by atoms with Crippen molar-refractivity contribution >= 4 is 16.7 Å². The van der Waals surface area contributed by atoms with Crippen molar-refractivity contribution < 1.29 is 4.79 Å². The second-order valence-corrected chi connectivity index (χ2v) is 7.43. The average Bonchev–Trinajstić information content (AvgIpc) is 3.28. The molecule has 3 heterocycles. The molecule has 28 heavy (non-hydrogen) atoms. The monoisotopic (exact) mass is 378 g/mol. The molecule has 1 aromatic carbocycles. The van der Waals surface area contributed by atoms with Crippen LogP contribution in [0, 0.1) is 0 Å². The Bertz CT molecular complexity index is 1010. The lowest BCUT2D eigenvalue weighted by molar-refractivity contribution is 0.0688. The Hall–Kier alpha value is -2.89. The van der Waals surface area contributed by atoms with E-state index >= 15 is 0 Å². The molecule has 4 rings (SSSR count). The molecular formula is C22H26N4O2. The number of carbonyl (C=O) groups is 1. The third-order valence-electron chi connectivity index (χ3n) is 5.59. The summed E-state index contributed by atoms with van der Waals surface area (Å²) in [4.78, 5) is 27.9. The smallest absolute Gasteiger partial charge is 0.274 e. The SMILES string of the molecule is CCCCn1nc(C(=O)N2CCC(n3cccc3)CC2)c2ccccc2c1=O. The topological polar surface area (TPSA) is 60.1 Å². The van der Waals surface area contributed by atoms with Crippen LogP contribution in [0.25, 0.3) is 10.8 Å². The second-order valence-electron chi connectivity index (χ2n) is 7.43. The molecule has 1 amide bonds. The summed E-state index contributed by atoms with van der Waals surface area (Å²) in [6.07, 6.45) is 7.85. The van der Waals surface area contributed by atoms with Gasteiger partial charge in [0.2, 0.25) is 0 Å². The third-order valence-corrected chi connectivity index (χ3v) is 5.59. The fraction of sp³-hybridized carbons (Fsp3) is 0.409. The number of nitrogens with zero attached hydrogens (tertiary/aromatic N) is 4. The molecule has 1 aliphatic heterocycles. The highest BCUT2D eigenvalue weighted by Crippen LogP contribution is 2.24. The Kier molecular flexibility index (Phi) is 5.28. The van der Waals surface area contributed by atoms with Crippen LogP contribution in [0.4, 0.5) is 0 Å². The zero-order chi connectivity index (χ0) is 19.5. The Balaban J connectivity index is 1.62. The van der Waals surface area contributed by atoms with Gasteiger partial charge in [-0.05, 0) is 37.5 Å². The van der Waals surface area contributed by atoms with Crippen molar-refractivity contribution in [3.8, 4) is 0 Å². The van der Waals surface area contributed by atoms with E-state index in [2.05, 4.69) is 29.0 Å². The zero-order valence-corrected chi connectivity index (χ0v) is 16.3. The molecular weight excluding hydrogens is 352 g/mol. The Morgan fingerprint density at radius 2 is 1.75 bits per heavy atom. The summed E-state index contributed by atoms with van der Waals surface area (Å²) >= 11 is 0. The number of carbonyl (C=O) groups excluding carboxylic acids is 1. The van der Waals surface area contributed by atoms with Gasteiger partial charge >= 0.3 is 0 Å². The van der Waals surface area contributed by atoms with E-state index in [4.69, 9.17) is 0 Å². The lowest BCUT2D eigenvalue weighted by Gasteiger charge is -2.32. The predicted molar refractivity (Wildman–Crippen MR) is 110 cm³/mol. The largest absolute Gasteiger partial charge is 0.351 e. The van der Waals surface area contributed by atoms with E-state index in [1.807, 2.05) is 35.2 Å². The van der Waals surface area contributed by atoms with Crippen molar-refractivity contribution in [1.29, 1.82) is 0 Å². The third kappa shape index (κ3) is 3.46. The number of amides is 1. The lowest BCUT2D eigenvalue weighted by atomic mass is 10.0. The van der Waals surface area contributed by atoms with Crippen LogP contribution in [-0.2, 0) is 6.54 Å². The first kappa shape index (κ1) is 18.5. The second kappa shape index (κ2) is 8.00. The van der Waals surface area contributed by atoms with Gasteiger partial charge in [-0.2, -0.15) is 5.10 Å². The first-order valence-corrected chi connectivity index (χ1v) is 10.1. The van der Waals surface area contributed by atoms with Crippen LogP contribution in [0.1, 0.15) is 49.1 Å². The zero-order valence-electron chi connectivity index (χ0n) is 16.3. The van der Waals surface area contributed by atoms with E-state index in [9.17, 15) is 9.59 Å². The van der Waals surface area contributed by atoms with Crippen molar-refractivity contribution in [3.05, 3.63) is 64.8 Å². The summed E-state index contributed by atoms with van der Waals surface area (Å²) in [5.41, 5.74) is 0.276. The van der Waals surface area contributed by atoms with Gasteiger partial charge in [-0.3, -0.25) is 9.59 Å². The van der Waals surface area contributed by atoms with Gasteiger partial charge < -0.3 is 9.47 Å². The van der Waals surface area contributed by atoms with Gasteiger partial charge in [0.15, 0.2) is 5.69 Å². The summed E-state index contributed by atoms with van der Waals surface area (Å²) in [5.74, 6) is -0.0765. The number of aryl methyl sites for hydroxylation is 1. The number of hydrogen-bond acceptors (Lipinski definition) is 3. The fourth-order valence-corrected chi connectivity index (χ4v) is 3.96. The van der Waals surface area contributed by atoms with Crippen LogP contribution >= 0.6 is 0 Å². The van der Waals surface area contributed by atoms with Gasteiger partial charge in [0, 0.05) is 43.5 Å². The van der Waals surface area contributed by atoms with Crippen LogP contribution in [-0.4, -0.2) is 38.2 Å². The standard InChI is InChI=1S/C22H26N4O2/c1-2-3-14-26-21(27)19-9-5-4-8-18(19)20(23-26)22(28)25-15-10-17(11-16-25)24-12-6-7-13-24/h4-9,12-13,17H,2-3,10-11,14-16H2,1H3. The highest BCUT2D eigenvalue weighted by atomic mass is 16.2. The Morgan fingerprint density at radius 3 is 2.43 bits per heavy atom. The highest BCUT2D eigenvalue weighted by molar-refractivity contribution is 6.04. The van der Waals surface area contributed by atoms with E-state index in [-0.39, 0.29) is 11.5 Å². The van der Waals surface area contributed by atoms with Crippen LogP contribution < -0.4 is 5.56 Å². The summed E-state index contributed by atoms with van der Waals surface area (Å²) in [7, 11) is 0. The molecule has 1 fully saturated rings. The van der Waals surface area contributed by atoms with Crippen LogP contribution in [0.15, 0.2) is 53.6 Å². The minimum atomic E-state index is -0.119. The average molecular weight is 378 g/mol. The normalized spacial score (nSPS) is 15.2. The molecule has 0 N–H and O–H groups in total. The molecule has 1 saturated heterocycles. The molecule has 0 radical (unpaired) electrons. The van der Waals surface area contributed by atoms with E-state index in [1.54, 1.807) is 6.07 Å². The van der Waals surface area contributed by atoms with E-state index in [0.29, 0.717) is 42.1 Å². The first-order valence-electron chi connectivity index (χ1n) is 10.1. The molecule has 0 aliphatic carbocycles. The molecule has 0 saturated carbocycles. The first-order chi connectivity index (χ1) is 13.7. The van der Waals surface area contributed by atoms with Crippen LogP contribution in [0.3, 0.4) is 0 Å². The van der Waals surface area contributed by atoms with Crippen LogP contribution in [0.2, 0.25) is 0 Å². The number of unbranched alkanes of at least 4 members (excludes halogenated alkanes) is 1. The van der Waals surface area contributed by atoms with Crippen molar-refractivity contribution in [3.63, 3.8) is 0 Å². The molecule has 0 spiro atoms. The highest BCUT2D eigenvalue weighted by Gasteiger charge is 2.27. The quantitative estimate of drug-likeness (QED) is 0.683. The molecule has 2 aromatic heterocycles. The summed E-state index contributed by atoms with van der Waals surface area (Å²) in [6, 6.07) is 11.8. The molecule has 6 nitrogen and oxygen atoms in total. The number of rotatable bonds is 5. The Labute approximate surface area is 164 Å². The maximum Gasteiger partial charge on any atom is 0.274 e. The minimum Gasteiger partial charge on any atom is -0.351 e. The number of piperidine rings is 1. The number of hydrogen-bond donors (Lipinski definition) is 0. The van der Waals surface area contributed by atoms with Crippen molar-refractivity contribution in [2.45, 2.75) is 45.2 Å². The summed E-state index contributed by atoms with van der Waals surface area (Å²) in [5, 5.41) is 5.71. The van der Waals surface area contributed by atoms with Crippen molar-refractivity contribution in [1.82, 2.24) is 19.2 Å². The summed E-state index contributed by atoms with van der Waals surface area (Å²) in [6.45, 7) is 4.01. The molecule has 0 unspecified atom stereocenters. The van der Waals surface area contributed by atoms with Crippen molar-refractivity contribution in [2.75, 3.05) is 13.1 Å². The van der Waals surface area contributed by atoms with E-state index < -0.39 is 0 Å². The number of fused-ring (bicyclic) bond motifs is 1. The van der Waals surface area contributed by atoms with E-state index in [1.165, 1.54) is 4.68 Å². The molecule has 6 heteroatoms. The van der Waals surface area contributed by atoms with Gasteiger partial charge in [-0.15, -0.1) is 0 Å². The number of benzene rings is 1. The number of likely N-dealkylation sites (tertiary alicyclic amines) is 1. The maximum atomic E-state index is 13.3. The molecule has 1 aliphatic rings. The van der Waals surface area contributed by atoms with E-state index in [0.717, 1.165) is 25.7 Å². The summed E-state index contributed by atoms with van der Waals surface area (Å²) < 4.78 is 3.69. The minimum absolute atomic E-state index is 0.0765.